The zero-order valence-electron chi connectivity index (χ0n) is 18.9. The van der Waals surface area contributed by atoms with E-state index in [1.54, 1.807) is 0 Å². The van der Waals surface area contributed by atoms with Crippen LogP contribution in [0.15, 0.2) is 48.5 Å². The van der Waals surface area contributed by atoms with Gasteiger partial charge in [-0.3, -0.25) is 4.79 Å². The number of hydrogen-bond acceptors (Lipinski definition) is 5. The lowest BCUT2D eigenvalue weighted by molar-refractivity contribution is -0.148. The van der Waals surface area contributed by atoms with Crippen LogP contribution < -0.4 is 10.6 Å². The number of fused-ring (bicyclic) bond motifs is 3. The molecule has 0 heterocycles. The van der Waals surface area contributed by atoms with E-state index in [2.05, 4.69) is 34.9 Å². The van der Waals surface area contributed by atoms with Crippen molar-refractivity contribution >= 4 is 18.0 Å². The number of ether oxygens (including phenoxy) is 2. The van der Waals surface area contributed by atoms with Crippen molar-refractivity contribution in [3.63, 3.8) is 0 Å². The van der Waals surface area contributed by atoms with Gasteiger partial charge in [0.2, 0.25) is 5.91 Å². The van der Waals surface area contributed by atoms with Gasteiger partial charge in [0.25, 0.3) is 0 Å². The first-order chi connectivity index (χ1) is 15.9. The highest BCUT2D eigenvalue weighted by molar-refractivity contribution is 5.79. The van der Waals surface area contributed by atoms with E-state index in [0.717, 1.165) is 22.3 Å². The Kier molecular flexibility index (Phi) is 8.43. The van der Waals surface area contributed by atoms with Gasteiger partial charge in [0.15, 0.2) is 6.10 Å². The summed E-state index contributed by atoms with van der Waals surface area (Å²) in [5, 5.41) is 14.3. The molecule has 2 amide bonds. The molecule has 0 aromatic heterocycles. The maximum Gasteiger partial charge on any atom is 0.407 e. The number of nitrogens with one attached hydrogen (secondary N) is 2. The summed E-state index contributed by atoms with van der Waals surface area (Å²) >= 11 is 0. The van der Waals surface area contributed by atoms with Crippen LogP contribution in [0.5, 0.6) is 0 Å². The molecule has 1 aliphatic rings. The minimum Gasteiger partial charge on any atom is -0.479 e. The number of carbonyl (C=O) groups is 3. The molecule has 8 heteroatoms. The fraction of sp³-hybridized carbons (Fsp3) is 0.400. The van der Waals surface area contributed by atoms with E-state index >= 15 is 0 Å². The predicted molar refractivity (Wildman–Crippen MR) is 123 cm³/mol. The molecule has 0 saturated heterocycles. The van der Waals surface area contributed by atoms with Crippen LogP contribution in [0.25, 0.3) is 11.1 Å². The second kappa shape index (κ2) is 11.5. The van der Waals surface area contributed by atoms with Gasteiger partial charge in [0, 0.05) is 25.5 Å². The van der Waals surface area contributed by atoms with Crippen LogP contribution in [0.4, 0.5) is 4.79 Å². The summed E-state index contributed by atoms with van der Waals surface area (Å²) in [6.45, 7) is 2.03. The molecule has 1 aliphatic carbocycles. The normalized spacial score (nSPS) is 14.0. The third-order valence-corrected chi connectivity index (χ3v) is 5.92. The Morgan fingerprint density at radius 1 is 1.03 bits per heavy atom. The molecule has 2 unspecified atom stereocenters. The van der Waals surface area contributed by atoms with Crippen molar-refractivity contribution in [3.05, 3.63) is 59.7 Å². The van der Waals surface area contributed by atoms with Crippen molar-refractivity contribution < 1.29 is 29.0 Å². The van der Waals surface area contributed by atoms with Crippen molar-refractivity contribution in [3.8, 4) is 11.1 Å². The van der Waals surface area contributed by atoms with Crippen molar-refractivity contribution in [2.45, 2.75) is 44.2 Å². The highest BCUT2D eigenvalue weighted by Gasteiger charge is 2.29. The molecule has 2 atom stereocenters. The molecule has 2 aromatic carbocycles. The fourth-order valence-electron chi connectivity index (χ4n) is 4.06. The van der Waals surface area contributed by atoms with Gasteiger partial charge >= 0.3 is 12.1 Å². The van der Waals surface area contributed by atoms with Gasteiger partial charge in [-0.1, -0.05) is 55.5 Å². The Bertz CT molecular complexity index is 947. The molecule has 0 spiro atoms. The number of benzene rings is 2. The SMILES string of the molecule is CCC(CCC(=O)NCC(OC)C(=O)O)NC(=O)OCC1c2ccccc2-c2ccccc21. The van der Waals surface area contributed by atoms with Crippen LogP contribution in [-0.2, 0) is 19.1 Å². The molecular formula is C25H30N2O6. The van der Waals surface area contributed by atoms with Crippen LogP contribution in [0.2, 0.25) is 0 Å². The van der Waals surface area contributed by atoms with Gasteiger partial charge in [-0.2, -0.15) is 0 Å². The fourth-order valence-corrected chi connectivity index (χ4v) is 4.06. The second-order valence-corrected chi connectivity index (χ2v) is 7.98. The first kappa shape index (κ1) is 24.3. The summed E-state index contributed by atoms with van der Waals surface area (Å²) in [6.07, 6.45) is -0.410. The lowest BCUT2D eigenvalue weighted by Crippen LogP contribution is -2.39. The molecule has 0 saturated carbocycles. The molecule has 0 fully saturated rings. The van der Waals surface area contributed by atoms with Gasteiger partial charge in [-0.25, -0.2) is 9.59 Å². The summed E-state index contributed by atoms with van der Waals surface area (Å²) in [6, 6.07) is 16.0. The molecule has 3 N–H and O–H groups in total. The zero-order chi connectivity index (χ0) is 23.8. The zero-order valence-corrected chi connectivity index (χ0v) is 18.9. The van der Waals surface area contributed by atoms with E-state index in [0.29, 0.717) is 12.8 Å². The molecule has 3 rings (SSSR count). The van der Waals surface area contributed by atoms with E-state index in [1.807, 2.05) is 31.2 Å². The number of carbonyl (C=O) groups excluding carboxylic acids is 2. The molecule has 8 nitrogen and oxygen atoms in total. The number of amides is 2. The predicted octanol–water partition coefficient (Wildman–Crippen LogP) is 3.30. The Hall–Kier alpha value is -3.39. The molecule has 0 aliphatic heterocycles. The van der Waals surface area contributed by atoms with E-state index in [-0.39, 0.29) is 37.4 Å². The van der Waals surface area contributed by atoms with Crippen LogP contribution in [0.3, 0.4) is 0 Å². The van der Waals surface area contributed by atoms with Crippen LogP contribution in [-0.4, -0.2) is 55.5 Å². The van der Waals surface area contributed by atoms with Crippen LogP contribution >= 0.6 is 0 Å². The number of carboxylic acids is 1. The van der Waals surface area contributed by atoms with E-state index in [9.17, 15) is 14.4 Å². The summed E-state index contributed by atoms with van der Waals surface area (Å²) in [7, 11) is 1.27. The monoisotopic (exact) mass is 454 g/mol. The Labute approximate surface area is 193 Å². The van der Waals surface area contributed by atoms with Gasteiger partial charge < -0.3 is 25.2 Å². The Morgan fingerprint density at radius 2 is 1.64 bits per heavy atom. The molecule has 176 valence electrons. The maximum atomic E-state index is 12.5. The van der Waals surface area contributed by atoms with E-state index < -0.39 is 18.2 Å². The van der Waals surface area contributed by atoms with Gasteiger partial charge in [0.05, 0.1) is 6.54 Å². The number of hydrogen-bond donors (Lipinski definition) is 3. The summed E-state index contributed by atoms with van der Waals surface area (Å²) in [4.78, 5) is 35.4. The third-order valence-electron chi connectivity index (χ3n) is 5.92. The van der Waals surface area contributed by atoms with E-state index in [4.69, 9.17) is 14.6 Å². The highest BCUT2D eigenvalue weighted by Crippen LogP contribution is 2.44. The molecular weight excluding hydrogens is 424 g/mol. The first-order valence-corrected chi connectivity index (χ1v) is 11.1. The number of methoxy groups -OCH3 is 1. The second-order valence-electron chi connectivity index (χ2n) is 7.98. The largest absolute Gasteiger partial charge is 0.479 e. The minimum atomic E-state index is -1.14. The van der Waals surface area contributed by atoms with Crippen molar-refractivity contribution in [1.82, 2.24) is 10.6 Å². The van der Waals surface area contributed by atoms with Gasteiger partial charge in [-0.15, -0.1) is 0 Å². The minimum absolute atomic E-state index is 0.0167. The van der Waals surface area contributed by atoms with Gasteiger partial charge in [0.1, 0.15) is 6.61 Å². The lowest BCUT2D eigenvalue weighted by Gasteiger charge is -2.19. The quantitative estimate of drug-likeness (QED) is 0.480. The highest BCUT2D eigenvalue weighted by atomic mass is 16.5. The Morgan fingerprint density at radius 3 is 2.18 bits per heavy atom. The summed E-state index contributed by atoms with van der Waals surface area (Å²) in [5.74, 6) is -1.45. The van der Waals surface area contributed by atoms with Gasteiger partial charge in [-0.05, 0) is 35.1 Å². The number of rotatable bonds is 11. The number of aliphatic carboxylic acids is 1. The molecule has 2 aromatic rings. The van der Waals surface area contributed by atoms with Crippen LogP contribution in [0, 0.1) is 0 Å². The van der Waals surface area contributed by atoms with Crippen LogP contribution in [0.1, 0.15) is 43.2 Å². The topological polar surface area (TPSA) is 114 Å². The average molecular weight is 455 g/mol. The number of carboxylic acid groups (broad SMARTS) is 1. The maximum absolute atomic E-state index is 12.5. The van der Waals surface area contributed by atoms with Crippen molar-refractivity contribution in [2.24, 2.45) is 0 Å². The third kappa shape index (κ3) is 6.10. The first-order valence-electron chi connectivity index (χ1n) is 11.1. The summed E-state index contributed by atoms with van der Waals surface area (Å²) < 4.78 is 10.4. The standard InChI is InChI=1S/C25H30N2O6/c1-3-16(12-13-23(28)26-14-22(32-2)24(29)30)27-25(31)33-15-21-19-10-6-4-8-17(19)18-9-5-7-11-20(18)21/h4-11,16,21-22H,3,12-15H2,1-2H3,(H,26,28)(H,27,31)(H,29,30). The summed E-state index contributed by atoms with van der Waals surface area (Å²) in [5.41, 5.74) is 4.62. The molecule has 0 radical (unpaired) electrons. The van der Waals surface area contributed by atoms with Crippen molar-refractivity contribution in [2.75, 3.05) is 20.3 Å². The molecule has 0 bridgehead atoms. The Balaban J connectivity index is 1.48. The van der Waals surface area contributed by atoms with E-state index in [1.165, 1.54) is 7.11 Å². The smallest absolute Gasteiger partial charge is 0.407 e. The van der Waals surface area contributed by atoms with Crippen molar-refractivity contribution in [1.29, 1.82) is 0 Å². The number of alkyl carbamates (subject to hydrolysis) is 1. The molecule has 33 heavy (non-hydrogen) atoms. The lowest BCUT2D eigenvalue weighted by atomic mass is 9.98. The average Bonchev–Trinajstić information content (AvgIpc) is 3.14.